The fourth-order valence-electron chi connectivity index (χ4n) is 2.10. The number of hydrazone groups is 1. The highest BCUT2D eigenvalue weighted by Crippen LogP contribution is 2.30. The predicted octanol–water partition coefficient (Wildman–Crippen LogP) is 0.340. The highest BCUT2D eigenvalue weighted by Gasteiger charge is 2.26. The van der Waals surface area contributed by atoms with Gasteiger partial charge in [-0.15, -0.1) is 0 Å². The van der Waals surface area contributed by atoms with Crippen molar-refractivity contribution < 1.29 is 24.2 Å². The lowest BCUT2D eigenvalue weighted by Gasteiger charge is -2.24. The monoisotopic (exact) mass is 325 g/mol. The first-order valence-electron chi connectivity index (χ1n) is 7.16. The molecule has 0 aliphatic carbocycles. The van der Waals surface area contributed by atoms with Gasteiger partial charge in [-0.25, -0.2) is 5.43 Å². The van der Waals surface area contributed by atoms with E-state index in [1.807, 2.05) is 6.07 Å². The molecule has 0 spiro atoms. The maximum absolute atomic E-state index is 12.0. The molecule has 0 radical (unpaired) electrons. The number of amides is 1. The Morgan fingerprint density at radius 1 is 1.12 bits per heavy atom. The van der Waals surface area contributed by atoms with Gasteiger partial charge in [0.05, 0.1) is 12.2 Å². The largest absolute Gasteiger partial charge is 0.545 e. The van der Waals surface area contributed by atoms with Crippen molar-refractivity contribution in [3.05, 3.63) is 59.7 Å². The summed E-state index contributed by atoms with van der Waals surface area (Å²) >= 11 is 0. The Balaban J connectivity index is 1.57. The second kappa shape index (κ2) is 6.82. The Kier molecular flexibility index (Phi) is 4.42. The van der Waals surface area contributed by atoms with Gasteiger partial charge in [-0.2, -0.15) is 5.10 Å². The van der Waals surface area contributed by atoms with Crippen molar-refractivity contribution in [3.63, 3.8) is 0 Å². The van der Waals surface area contributed by atoms with Gasteiger partial charge in [0.15, 0.2) is 11.5 Å². The minimum absolute atomic E-state index is 0.0719. The van der Waals surface area contributed by atoms with Gasteiger partial charge in [0.2, 0.25) is 6.10 Å². The van der Waals surface area contributed by atoms with Crippen LogP contribution in [0.2, 0.25) is 0 Å². The number of benzene rings is 2. The first-order valence-corrected chi connectivity index (χ1v) is 7.16. The van der Waals surface area contributed by atoms with Gasteiger partial charge in [-0.3, -0.25) is 4.79 Å². The number of carboxylic acids is 1. The summed E-state index contributed by atoms with van der Waals surface area (Å²) in [5.41, 5.74) is 3.07. The minimum atomic E-state index is -1.25. The number of fused-ring (bicyclic) bond motifs is 1. The number of hydrogen-bond donors (Lipinski definition) is 1. The van der Waals surface area contributed by atoms with Crippen LogP contribution >= 0.6 is 0 Å². The van der Waals surface area contributed by atoms with Crippen LogP contribution in [-0.2, 0) is 4.79 Å². The van der Waals surface area contributed by atoms with E-state index in [0.29, 0.717) is 17.1 Å². The van der Waals surface area contributed by atoms with Crippen LogP contribution in [0, 0.1) is 0 Å². The number of hydrogen-bond acceptors (Lipinski definition) is 6. The summed E-state index contributed by atoms with van der Waals surface area (Å²) in [4.78, 5) is 22.7. The fourth-order valence-corrected chi connectivity index (χ4v) is 2.10. The first kappa shape index (κ1) is 15.5. The maximum Gasteiger partial charge on any atom is 0.284 e. The van der Waals surface area contributed by atoms with E-state index in [1.54, 1.807) is 30.3 Å². The third-order valence-corrected chi connectivity index (χ3v) is 3.34. The zero-order valence-corrected chi connectivity index (χ0v) is 12.5. The zero-order chi connectivity index (χ0) is 16.9. The number of carbonyl (C=O) groups excluding carboxylic acids is 2. The van der Waals surface area contributed by atoms with E-state index in [9.17, 15) is 14.7 Å². The van der Waals surface area contributed by atoms with Crippen LogP contribution in [0.5, 0.6) is 11.5 Å². The Morgan fingerprint density at radius 3 is 2.54 bits per heavy atom. The number of carbonyl (C=O) groups is 2. The minimum Gasteiger partial charge on any atom is -0.545 e. The Morgan fingerprint density at radius 2 is 1.83 bits per heavy atom. The standard InChI is InChI=1S/C17H14N2O5/c20-16(15-10-23-13-3-1-2-4-14(13)24-15)19-18-9-11-5-7-12(8-6-11)17(21)22/h1-9,15H,10H2,(H,19,20)(H,21,22)/p-1/t15-/m0/s1. The van der Waals surface area contributed by atoms with Crippen molar-refractivity contribution in [1.82, 2.24) is 5.43 Å². The number of aromatic carboxylic acids is 1. The summed E-state index contributed by atoms with van der Waals surface area (Å²) in [6.07, 6.45) is 0.603. The Labute approximate surface area is 137 Å². The van der Waals surface area contributed by atoms with Crippen molar-refractivity contribution in [2.75, 3.05) is 6.61 Å². The lowest BCUT2D eigenvalue weighted by molar-refractivity contribution is -0.255. The van der Waals surface area contributed by atoms with E-state index >= 15 is 0 Å². The highest BCUT2D eigenvalue weighted by atomic mass is 16.6. The van der Waals surface area contributed by atoms with Crippen molar-refractivity contribution in [2.45, 2.75) is 6.10 Å². The molecule has 1 aliphatic heterocycles. The first-order chi connectivity index (χ1) is 11.6. The molecule has 122 valence electrons. The van der Waals surface area contributed by atoms with Crippen molar-refractivity contribution in [2.24, 2.45) is 5.10 Å². The average molecular weight is 325 g/mol. The molecule has 3 rings (SSSR count). The van der Waals surface area contributed by atoms with Gasteiger partial charge >= 0.3 is 0 Å². The Bertz CT molecular complexity index is 786. The highest BCUT2D eigenvalue weighted by molar-refractivity contribution is 5.88. The normalized spacial score (nSPS) is 15.9. The Hall–Kier alpha value is -3.35. The van der Waals surface area contributed by atoms with Crippen LogP contribution in [0.3, 0.4) is 0 Å². The second-order valence-electron chi connectivity index (χ2n) is 5.01. The molecule has 7 nitrogen and oxygen atoms in total. The number of carboxylic acid groups (broad SMARTS) is 1. The summed E-state index contributed by atoms with van der Waals surface area (Å²) in [5.74, 6) is -0.586. The van der Waals surface area contributed by atoms with Crippen molar-refractivity contribution in [1.29, 1.82) is 0 Å². The number of ether oxygens (including phenoxy) is 2. The molecule has 2 aromatic rings. The van der Waals surface area contributed by atoms with Crippen molar-refractivity contribution in [3.8, 4) is 11.5 Å². The molecule has 0 unspecified atom stereocenters. The molecule has 0 saturated carbocycles. The van der Waals surface area contributed by atoms with E-state index in [0.717, 1.165) is 0 Å². The molecule has 24 heavy (non-hydrogen) atoms. The smallest absolute Gasteiger partial charge is 0.284 e. The van der Waals surface area contributed by atoms with E-state index in [2.05, 4.69) is 10.5 Å². The van der Waals surface area contributed by atoms with E-state index in [4.69, 9.17) is 9.47 Å². The number of para-hydroxylation sites is 2. The third-order valence-electron chi connectivity index (χ3n) is 3.34. The van der Waals surface area contributed by atoms with E-state index < -0.39 is 18.0 Å². The van der Waals surface area contributed by atoms with E-state index in [1.165, 1.54) is 18.3 Å². The molecular formula is C17H13N2O5-. The van der Waals surface area contributed by atoms with Crippen LogP contribution < -0.4 is 20.0 Å². The molecule has 7 heteroatoms. The molecule has 1 amide bonds. The molecule has 1 aliphatic rings. The summed E-state index contributed by atoms with van der Waals surface area (Å²) in [7, 11) is 0. The lowest BCUT2D eigenvalue weighted by Crippen LogP contribution is -2.42. The summed E-state index contributed by atoms with van der Waals surface area (Å²) in [6.45, 7) is 0.0959. The molecule has 1 atom stereocenters. The van der Waals surface area contributed by atoms with Gasteiger partial charge in [-0.1, -0.05) is 36.4 Å². The fraction of sp³-hybridized carbons (Fsp3) is 0.118. The average Bonchev–Trinajstić information content (AvgIpc) is 2.61. The van der Waals surface area contributed by atoms with Crippen molar-refractivity contribution >= 4 is 18.1 Å². The predicted molar refractivity (Wildman–Crippen MR) is 82.9 cm³/mol. The number of rotatable bonds is 4. The molecular weight excluding hydrogens is 312 g/mol. The van der Waals surface area contributed by atoms with Crippen LogP contribution in [-0.4, -0.2) is 30.8 Å². The maximum atomic E-state index is 12.0. The van der Waals surface area contributed by atoms with E-state index in [-0.39, 0.29) is 12.2 Å². The molecule has 0 bridgehead atoms. The van der Waals surface area contributed by atoms with Crippen LogP contribution in [0.1, 0.15) is 15.9 Å². The zero-order valence-electron chi connectivity index (χ0n) is 12.5. The molecule has 1 heterocycles. The summed E-state index contributed by atoms with van der Waals surface area (Å²) < 4.78 is 11.0. The van der Waals surface area contributed by atoms with Crippen LogP contribution in [0.4, 0.5) is 0 Å². The summed E-state index contributed by atoms with van der Waals surface area (Å²) in [5, 5.41) is 14.5. The molecule has 1 N–H and O–H groups in total. The van der Waals surface area contributed by atoms with Gasteiger partial charge in [0.25, 0.3) is 5.91 Å². The summed E-state index contributed by atoms with van der Waals surface area (Å²) in [6, 6.07) is 13.0. The third kappa shape index (κ3) is 3.52. The van der Waals surface area contributed by atoms with Gasteiger partial charge in [0.1, 0.15) is 6.61 Å². The van der Waals surface area contributed by atoms with Crippen LogP contribution in [0.25, 0.3) is 0 Å². The lowest BCUT2D eigenvalue weighted by atomic mass is 10.1. The SMILES string of the molecule is O=C([O-])c1ccc(C=NNC(=O)[C@@H]2COc3ccccc3O2)cc1. The van der Waals surface area contributed by atoms with Gasteiger partial charge in [-0.05, 0) is 23.3 Å². The molecule has 0 aromatic heterocycles. The van der Waals surface area contributed by atoms with Gasteiger partial charge in [0, 0.05) is 0 Å². The number of nitrogens with zero attached hydrogens (tertiary/aromatic N) is 1. The topological polar surface area (TPSA) is 100 Å². The van der Waals surface area contributed by atoms with Gasteiger partial charge < -0.3 is 19.4 Å². The second-order valence-corrected chi connectivity index (χ2v) is 5.01. The molecule has 0 fully saturated rings. The van der Waals surface area contributed by atoms with Crippen LogP contribution in [0.15, 0.2) is 53.6 Å². The molecule has 2 aromatic carbocycles. The molecule has 0 saturated heterocycles. The quantitative estimate of drug-likeness (QED) is 0.645. The number of nitrogens with one attached hydrogen (secondary N) is 1.